The highest BCUT2D eigenvalue weighted by Crippen LogP contribution is 2.48. The predicted molar refractivity (Wildman–Crippen MR) is 128 cm³/mol. The van der Waals surface area contributed by atoms with E-state index in [4.69, 9.17) is 14.3 Å². The molecule has 2 amide bonds. The SMILES string of the molecule is CCCOc1ccc(N2C(=O)[C@H]3[C@H](ON(c4ccccc4)[C@@H]3c3cccc(OC)c3)C2=O)cc1. The maximum absolute atomic E-state index is 13.7. The number of imide groups is 1. The molecule has 2 aliphatic heterocycles. The minimum Gasteiger partial charge on any atom is -0.497 e. The van der Waals surface area contributed by atoms with Crippen LogP contribution in [0.5, 0.6) is 11.5 Å². The van der Waals surface area contributed by atoms with E-state index < -0.39 is 18.1 Å². The van der Waals surface area contributed by atoms with Crippen LogP contribution in [0.1, 0.15) is 24.9 Å². The topological polar surface area (TPSA) is 68.3 Å². The van der Waals surface area contributed by atoms with E-state index in [1.807, 2.05) is 61.5 Å². The van der Waals surface area contributed by atoms with Gasteiger partial charge in [0.15, 0.2) is 6.10 Å². The fourth-order valence-corrected chi connectivity index (χ4v) is 4.54. The Kier molecular flexibility index (Phi) is 5.94. The molecular weight excluding hydrogens is 432 g/mol. The highest BCUT2D eigenvalue weighted by molar-refractivity contribution is 6.23. The lowest BCUT2D eigenvalue weighted by Gasteiger charge is -2.29. The van der Waals surface area contributed by atoms with E-state index in [0.717, 1.165) is 17.7 Å². The third-order valence-corrected chi connectivity index (χ3v) is 6.13. The number of carbonyl (C=O) groups excluding carboxylic acids is 2. The van der Waals surface area contributed by atoms with Crippen LogP contribution < -0.4 is 19.4 Å². The summed E-state index contributed by atoms with van der Waals surface area (Å²) in [4.78, 5) is 34.5. The molecule has 0 N–H and O–H groups in total. The molecule has 0 bridgehead atoms. The molecule has 2 heterocycles. The van der Waals surface area contributed by atoms with Gasteiger partial charge in [-0.25, -0.2) is 9.96 Å². The molecule has 7 heteroatoms. The van der Waals surface area contributed by atoms with Crippen LogP contribution in [-0.2, 0) is 14.4 Å². The first-order chi connectivity index (χ1) is 16.6. The number of fused-ring (bicyclic) bond motifs is 1. The molecule has 174 valence electrons. The smallest absolute Gasteiger partial charge is 0.266 e. The van der Waals surface area contributed by atoms with Gasteiger partial charge in [0.25, 0.3) is 5.91 Å². The quantitative estimate of drug-likeness (QED) is 0.485. The number of carbonyl (C=O) groups is 2. The monoisotopic (exact) mass is 458 g/mol. The van der Waals surface area contributed by atoms with E-state index in [2.05, 4.69) is 0 Å². The van der Waals surface area contributed by atoms with E-state index in [0.29, 0.717) is 23.8 Å². The Morgan fingerprint density at radius 3 is 2.32 bits per heavy atom. The molecule has 0 spiro atoms. The largest absolute Gasteiger partial charge is 0.497 e. The molecule has 0 aromatic heterocycles. The normalized spacial score (nSPS) is 21.6. The van der Waals surface area contributed by atoms with Crippen LogP contribution in [0.15, 0.2) is 78.9 Å². The number of ether oxygens (including phenoxy) is 2. The van der Waals surface area contributed by atoms with Gasteiger partial charge in [-0.2, -0.15) is 0 Å². The molecule has 0 radical (unpaired) electrons. The van der Waals surface area contributed by atoms with E-state index in [9.17, 15) is 9.59 Å². The summed E-state index contributed by atoms with van der Waals surface area (Å²) in [6.45, 7) is 2.64. The van der Waals surface area contributed by atoms with Crippen molar-refractivity contribution in [3.63, 3.8) is 0 Å². The summed E-state index contributed by atoms with van der Waals surface area (Å²) in [6.07, 6.45) is -0.0188. The molecule has 0 aliphatic carbocycles. The van der Waals surface area contributed by atoms with Crippen LogP contribution >= 0.6 is 0 Å². The number of para-hydroxylation sites is 1. The molecule has 0 unspecified atom stereocenters. The average molecular weight is 459 g/mol. The van der Waals surface area contributed by atoms with Crippen molar-refractivity contribution in [3.05, 3.63) is 84.4 Å². The number of anilines is 2. The van der Waals surface area contributed by atoms with Crippen molar-refractivity contribution in [2.75, 3.05) is 23.7 Å². The number of amides is 2. The van der Waals surface area contributed by atoms with Gasteiger partial charge in [-0.3, -0.25) is 14.4 Å². The van der Waals surface area contributed by atoms with Gasteiger partial charge in [-0.05, 0) is 60.5 Å². The van der Waals surface area contributed by atoms with E-state index in [-0.39, 0.29) is 11.8 Å². The van der Waals surface area contributed by atoms with Crippen LogP contribution in [0, 0.1) is 5.92 Å². The van der Waals surface area contributed by atoms with Crippen molar-refractivity contribution in [3.8, 4) is 11.5 Å². The third-order valence-electron chi connectivity index (χ3n) is 6.13. The molecule has 34 heavy (non-hydrogen) atoms. The van der Waals surface area contributed by atoms with E-state index in [1.54, 1.807) is 36.4 Å². The molecule has 0 saturated carbocycles. The summed E-state index contributed by atoms with van der Waals surface area (Å²) in [7, 11) is 1.60. The molecular formula is C27H26N2O5. The minimum atomic E-state index is -0.917. The molecule has 2 aliphatic rings. The summed E-state index contributed by atoms with van der Waals surface area (Å²) in [5.41, 5.74) is 2.11. The second kappa shape index (κ2) is 9.19. The zero-order chi connectivity index (χ0) is 23.7. The summed E-state index contributed by atoms with van der Waals surface area (Å²) in [6, 6.07) is 23.6. The molecule has 3 aromatic carbocycles. The number of hydroxylamine groups is 1. The van der Waals surface area contributed by atoms with Crippen LogP contribution in [0.25, 0.3) is 0 Å². The first kappa shape index (κ1) is 22.0. The van der Waals surface area contributed by atoms with Gasteiger partial charge < -0.3 is 9.47 Å². The van der Waals surface area contributed by atoms with Crippen molar-refractivity contribution >= 4 is 23.2 Å². The van der Waals surface area contributed by atoms with Gasteiger partial charge in [0, 0.05) is 0 Å². The number of hydrogen-bond donors (Lipinski definition) is 0. The Bertz CT molecular complexity index is 1180. The van der Waals surface area contributed by atoms with Crippen LogP contribution in [0.4, 0.5) is 11.4 Å². The van der Waals surface area contributed by atoms with Gasteiger partial charge in [-0.1, -0.05) is 37.3 Å². The first-order valence-electron chi connectivity index (χ1n) is 11.4. The van der Waals surface area contributed by atoms with Crippen molar-refractivity contribution in [2.24, 2.45) is 5.92 Å². The predicted octanol–water partition coefficient (Wildman–Crippen LogP) is 4.54. The Morgan fingerprint density at radius 2 is 1.62 bits per heavy atom. The Balaban J connectivity index is 1.51. The summed E-state index contributed by atoms with van der Waals surface area (Å²) >= 11 is 0. The second-order valence-electron chi connectivity index (χ2n) is 8.29. The zero-order valence-corrected chi connectivity index (χ0v) is 19.1. The highest BCUT2D eigenvalue weighted by atomic mass is 16.7. The van der Waals surface area contributed by atoms with Crippen molar-refractivity contribution in [1.29, 1.82) is 0 Å². The summed E-state index contributed by atoms with van der Waals surface area (Å²) in [5.74, 6) is 0.0127. The lowest BCUT2D eigenvalue weighted by Crippen LogP contribution is -2.37. The fourth-order valence-electron chi connectivity index (χ4n) is 4.54. The standard InChI is InChI=1S/C27H26N2O5/c1-3-16-33-21-14-12-19(13-15-21)28-26(30)23-24(18-8-7-11-22(17-18)32-2)29(34-25(23)27(28)31)20-9-5-4-6-10-20/h4-15,17,23-25H,3,16H2,1-2H3/t23-,24-,25+/m1/s1. The van der Waals surface area contributed by atoms with Crippen molar-refractivity contribution in [1.82, 2.24) is 0 Å². The lowest BCUT2D eigenvalue weighted by atomic mass is 9.90. The fraction of sp³-hybridized carbons (Fsp3) is 0.259. The molecule has 3 aromatic rings. The number of hydrogen-bond acceptors (Lipinski definition) is 6. The van der Waals surface area contributed by atoms with Gasteiger partial charge in [0.2, 0.25) is 5.91 Å². The maximum atomic E-state index is 13.7. The number of methoxy groups -OCH3 is 1. The molecule has 5 rings (SSSR count). The molecule has 3 atom stereocenters. The minimum absolute atomic E-state index is 0.288. The van der Waals surface area contributed by atoms with Gasteiger partial charge in [-0.15, -0.1) is 0 Å². The maximum Gasteiger partial charge on any atom is 0.266 e. The van der Waals surface area contributed by atoms with Gasteiger partial charge in [0.1, 0.15) is 17.4 Å². The third kappa shape index (κ3) is 3.78. The average Bonchev–Trinajstić information content (AvgIpc) is 3.39. The van der Waals surface area contributed by atoms with E-state index in [1.165, 1.54) is 4.90 Å². The lowest BCUT2D eigenvalue weighted by molar-refractivity contribution is -0.126. The summed E-state index contributed by atoms with van der Waals surface area (Å²) in [5, 5.41) is 1.68. The summed E-state index contributed by atoms with van der Waals surface area (Å²) < 4.78 is 11.0. The Morgan fingerprint density at radius 1 is 0.853 bits per heavy atom. The zero-order valence-electron chi connectivity index (χ0n) is 19.1. The molecule has 2 fully saturated rings. The van der Waals surface area contributed by atoms with Crippen LogP contribution in [0.3, 0.4) is 0 Å². The first-order valence-corrected chi connectivity index (χ1v) is 11.4. The number of rotatable bonds is 7. The highest BCUT2D eigenvalue weighted by Gasteiger charge is 2.60. The number of nitrogens with zero attached hydrogens (tertiary/aromatic N) is 2. The van der Waals surface area contributed by atoms with Crippen molar-refractivity contribution in [2.45, 2.75) is 25.5 Å². The Hall–Kier alpha value is -3.84. The Labute approximate surface area is 198 Å². The van der Waals surface area contributed by atoms with Crippen LogP contribution in [0.2, 0.25) is 0 Å². The van der Waals surface area contributed by atoms with Crippen LogP contribution in [-0.4, -0.2) is 31.6 Å². The second-order valence-corrected chi connectivity index (χ2v) is 8.29. The van der Waals surface area contributed by atoms with Gasteiger partial charge >= 0.3 is 0 Å². The molecule has 2 saturated heterocycles. The van der Waals surface area contributed by atoms with Gasteiger partial charge in [0.05, 0.1) is 31.1 Å². The number of benzene rings is 3. The molecule has 7 nitrogen and oxygen atoms in total. The van der Waals surface area contributed by atoms with E-state index >= 15 is 0 Å². The van der Waals surface area contributed by atoms with Crippen molar-refractivity contribution < 1.29 is 23.9 Å².